The number of H-pyrrole nitrogens is 1. The van der Waals surface area contributed by atoms with Gasteiger partial charge in [0.05, 0.1) is 18.9 Å². The number of aromatic amines is 1. The standard InChI is InChI=1S/C8H11NO3S/c1-4-7(12)5(2-10)6(3-11)8(13)9-4/h10-12H,2-3H2,1H3,(H,9,13). The average molecular weight is 201 g/mol. The van der Waals surface area contributed by atoms with E-state index in [2.05, 4.69) is 4.98 Å². The van der Waals surface area contributed by atoms with Crippen LogP contribution < -0.4 is 0 Å². The van der Waals surface area contributed by atoms with Gasteiger partial charge in [-0.05, 0) is 6.92 Å². The SMILES string of the molecule is Cc1[nH]c(=S)c(CO)c(CO)c1O. The molecule has 72 valence electrons. The second-order valence-corrected chi connectivity index (χ2v) is 3.11. The van der Waals surface area contributed by atoms with Crippen molar-refractivity contribution in [3.8, 4) is 5.75 Å². The van der Waals surface area contributed by atoms with Crippen LogP contribution in [0.1, 0.15) is 16.8 Å². The van der Waals surface area contributed by atoms with Crippen LogP contribution >= 0.6 is 12.2 Å². The molecule has 1 aromatic rings. The number of rotatable bonds is 2. The first-order valence-electron chi connectivity index (χ1n) is 3.77. The van der Waals surface area contributed by atoms with E-state index in [1.54, 1.807) is 6.92 Å². The lowest BCUT2D eigenvalue weighted by molar-refractivity contribution is 0.253. The molecule has 13 heavy (non-hydrogen) atoms. The van der Waals surface area contributed by atoms with Gasteiger partial charge >= 0.3 is 0 Å². The molecule has 4 nitrogen and oxygen atoms in total. The monoisotopic (exact) mass is 201 g/mol. The van der Waals surface area contributed by atoms with Gasteiger partial charge in [0.15, 0.2) is 0 Å². The summed E-state index contributed by atoms with van der Waals surface area (Å²) in [6, 6.07) is 0. The van der Waals surface area contributed by atoms with Gasteiger partial charge < -0.3 is 20.3 Å². The topological polar surface area (TPSA) is 76.5 Å². The number of hydrogen-bond acceptors (Lipinski definition) is 4. The fourth-order valence-electron chi connectivity index (χ4n) is 1.15. The van der Waals surface area contributed by atoms with Crippen LogP contribution in [0.2, 0.25) is 0 Å². The van der Waals surface area contributed by atoms with Gasteiger partial charge in [0.1, 0.15) is 10.4 Å². The summed E-state index contributed by atoms with van der Waals surface area (Å²) < 4.78 is 0.349. The van der Waals surface area contributed by atoms with Crippen LogP contribution in [0.5, 0.6) is 5.75 Å². The fraction of sp³-hybridized carbons (Fsp3) is 0.375. The quantitative estimate of drug-likeness (QED) is 0.532. The summed E-state index contributed by atoms with van der Waals surface area (Å²) in [5.74, 6) is -0.0415. The largest absolute Gasteiger partial charge is 0.506 e. The summed E-state index contributed by atoms with van der Waals surface area (Å²) in [5.41, 5.74) is 1.16. The van der Waals surface area contributed by atoms with E-state index in [1.807, 2.05) is 0 Å². The van der Waals surface area contributed by atoms with Crippen molar-refractivity contribution in [1.29, 1.82) is 0 Å². The molecule has 0 aromatic carbocycles. The normalized spacial score (nSPS) is 10.4. The maximum absolute atomic E-state index is 9.49. The molecule has 1 heterocycles. The molecule has 0 saturated carbocycles. The van der Waals surface area contributed by atoms with E-state index < -0.39 is 0 Å². The Morgan fingerprint density at radius 3 is 2.23 bits per heavy atom. The number of hydrogen-bond donors (Lipinski definition) is 4. The Kier molecular flexibility index (Phi) is 3.02. The maximum atomic E-state index is 9.49. The Morgan fingerprint density at radius 2 is 1.77 bits per heavy atom. The smallest absolute Gasteiger partial charge is 0.140 e. The third-order valence-electron chi connectivity index (χ3n) is 1.90. The fourth-order valence-corrected chi connectivity index (χ4v) is 1.49. The number of aryl methyl sites for hydroxylation is 1. The molecule has 0 atom stereocenters. The highest BCUT2D eigenvalue weighted by atomic mass is 32.1. The minimum absolute atomic E-state index is 0.0415. The minimum atomic E-state index is -0.332. The highest BCUT2D eigenvalue weighted by Gasteiger charge is 2.11. The third-order valence-corrected chi connectivity index (χ3v) is 2.25. The zero-order valence-corrected chi connectivity index (χ0v) is 7.98. The van der Waals surface area contributed by atoms with E-state index in [1.165, 1.54) is 0 Å². The number of aromatic nitrogens is 1. The van der Waals surface area contributed by atoms with Crippen molar-refractivity contribution in [2.45, 2.75) is 20.1 Å². The highest BCUT2D eigenvalue weighted by molar-refractivity contribution is 7.71. The van der Waals surface area contributed by atoms with Crippen LogP contribution in [0.25, 0.3) is 0 Å². The number of aromatic hydroxyl groups is 1. The van der Waals surface area contributed by atoms with Crippen molar-refractivity contribution < 1.29 is 15.3 Å². The average Bonchev–Trinajstić information content (AvgIpc) is 2.10. The van der Waals surface area contributed by atoms with Gasteiger partial charge in [-0.1, -0.05) is 12.2 Å². The lowest BCUT2D eigenvalue weighted by Crippen LogP contribution is -2.00. The molecule has 0 radical (unpaired) electrons. The third kappa shape index (κ3) is 1.72. The van der Waals surface area contributed by atoms with Crippen molar-refractivity contribution in [1.82, 2.24) is 4.98 Å². The summed E-state index contributed by atoms with van der Waals surface area (Å²) in [5, 5.41) is 27.4. The molecule has 0 aliphatic rings. The van der Waals surface area contributed by atoms with Gasteiger partial charge in [0.25, 0.3) is 0 Å². The van der Waals surface area contributed by atoms with Crippen LogP contribution in [0, 0.1) is 11.6 Å². The van der Waals surface area contributed by atoms with Gasteiger partial charge in [-0.25, -0.2) is 0 Å². The van der Waals surface area contributed by atoms with Gasteiger partial charge in [0, 0.05) is 11.1 Å². The van der Waals surface area contributed by atoms with Crippen molar-refractivity contribution in [3.63, 3.8) is 0 Å². The number of aliphatic hydroxyl groups is 2. The van der Waals surface area contributed by atoms with E-state index in [0.29, 0.717) is 21.5 Å². The molecule has 0 saturated heterocycles. The minimum Gasteiger partial charge on any atom is -0.506 e. The summed E-state index contributed by atoms with van der Waals surface area (Å²) in [4.78, 5) is 2.73. The predicted molar refractivity (Wildman–Crippen MR) is 49.9 cm³/mol. The van der Waals surface area contributed by atoms with E-state index in [4.69, 9.17) is 22.4 Å². The molecule has 5 heteroatoms. The molecule has 0 bridgehead atoms. The van der Waals surface area contributed by atoms with Crippen LogP contribution in [-0.4, -0.2) is 20.3 Å². The Bertz CT molecular complexity index is 372. The second kappa shape index (κ2) is 3.87. The predicted octanol–water partition coefficient (Wildman–Crippen LogP) is 0.743. The van der Waals surface area contributed by atoms with Crippen molar-refractivity contribution >= 4 is 12.2 Å². The van der Waals surface area contributed by atoms with E-state index >= 15 is 0 Å². The zero-order valence-electron chi connectivity index (χ0n) is 7.16. The number of nitrogens with one attached hydrogen (secondary N) is 1. The molecular weight excluding hydrogens is 190 g/mol. The molecule has 4 N–H and O–H groups in total. The maximum Gasteiger partial charge on any atom is 0.140 e. The van der Waals surface area contributed by atoms with Crippen molar-refractivity contribution in [2.75, 3.05) is 0 Å². The van der Waals surface area contributed by atoms with Crippen LogP contribution in [0.3, 0.4) is 0 Å². The summed E-state index contributed by atoms with van der Waals surface area (Å²) in [6.07, 6.45) is 0. The molecule has 0 spiro atoms. The first-order chi connectivity index (χ1) is 6.11. The molecule has 1 aromatic heterocycles. The molecule has 0 amide bonds. The van der Waals surface area contributed by atoms with Crippen LogP contribution in [-0.2, 0) is 13.2 Å². The van der Waals surface area contributed by atoms with Gasteiger partial charge in [-0.3, -0.25) is 0 Å². The van der Waals surface area contributed by atoms with Crippen LogP contribution in [0.4, 0.5) is 0 Å². The van der Waals surface area contributed by atoms with Gasteiger partial charge in [0.2, 0.25) is 0 Å². The first kappa shape index (κ1) is 10.2. The first-order valence-corrected chi connectivity index (χ1v) is 4.18. The van der Waals surface area contributed by atoms with E-state index in [9.17, 15) is 5.11 Å². The molecular formula is C8H11NO3S. The number of pyridine rings is 1. The molecule has 0 unspecified atom stereocenters. The van der Waals surface area contributed by atoms with E-state index in [-0.39, 0.29) is 19.0 Å². The van der Waals surface area contributed by atoms with Crippen molar-refractivity contribution in [2.24, 2.45) is 0 Å². The Labute approximate surface area is 80.5 Å². The van der Waals surface area contributed by atoms with Gasteiger partial charge in [-0.2, -0.15) is 0 Å². The van der Waals surface area contributed by atoms with Crippen LogP contribution in [0.15, 0.2) is 0 Å². The van der Waals surface area contributed by atoms with E-state index in [0.717, 1.165) is 0 Å². The summed E-state index contributed by atoms with van der Waals surface area (Å²) in [7, 11) is 0. The Balaban J connectivity index is 3.51. The lowest BCUT2D eigenvalue weighted by Gasteiger charge is -2.09. The van der Waals surface area contributed by atoms with Gasteiger partial charge in [-0.15, -0.1) is 0 Å². The molecule has 1 rings (SSSR count). The highest BCUT2D eigenvalue weighted by Crippen LogP contribution is 2.24. The lowest BCUT2D eigenvalue weighted by atomic mass is 10.1. The summed E-state index contributed by atoms with van der Waals surface area (Å²) in [6.45, 7) is 1.02. The Morgan fingerprint density at radius 1 is 1.23 bits per heavy atom. The number of aliphatic hydroxyl groups excluding tert-OH is 2. The Hall–Kier alpha value is -0.910. The molecule has 0 fully saturated rings. The molecule has 0 aliphatic heterocycles. The zero-order chi connectivity index (χ0) is 10.0. The van der Waals surface area contributed by atoms with Crippen molar-refractivity contribution in [3.05, 3.63) is 21.5 Å². The second-order valence-electron chi connectivity index (χ2n) is 2.70. The summed E-state index contributed by atoms with van der Waals surface area (Å²) >= 11 is 4.91. The molecule has 0 aliphatic carbocycles.